The van der Waals surface area contributed by atoms with Gasteiger partial charge in [-0.2, -0.15) is 0 Å². The Labute approximate surface area is 129 Å². The van der Waals surface area contributed by atoms with E-state index < -0.39 is 23.9 Å². The third kappa shape index (κ3) is 4.45. The Morgan fingerprint density at radius 2 is 1.74 bits per heavy atom. The van der Waals surface area contributed by atoms with Crippen LogP contribution in [0.15, 0.2) is 42.5 Å². The van der Waals surface area contributed by atoms with E-state index in [-0.39, 0.29) is 17.7 Å². The number of hydrogen-bond donors (Lipinski definition) is 0. The number of carbonyl (C=O) groups is 1. The minimum absolute atomic E-state index is 0.0603. The lowest BCUT2D eigenvalue weighted by Gasteiger charge is -2.10. The maximum Gasteiger partial charge on any atom is 0.573 e. The van der Waals surface area contributed by atoms with Gasteiger partial charge in [0, 0.05) is 5.56 Å². The second-order valence-corrected chi connectivity index (χ2v) is 4.49. The topological polar surface area (TPSA) is 35.5 Å². The van der Waals surface area contributed by atoms with Crippen molar-refractivity contribution in [2.45, 2.75) is 13.3 Å². The van der Waals surface area contributed by atoms with Crippen LogP contribution in [0.3, 0.4) is 0 Å². The van der Waals surface area contributed by atoms with Crippen molar-refractivity contribution in [2.24, 2.45) is 0 Å². The molecule has 0 unspecified atom stereocenters. The first kappa shape index (κ1) is 16.8. The molecule has 0 N–H and O–H groups in total. The van der Waals surface area contributed by atoms with Crippen LogP contribution in [0, 0.1) is 5.82 Å². The van der Waals surface area contributed by atoms with Crippen LogP contribution in [0.25, 0.3) is 11.1 Å². The Kier molecular flexibility index (Phi) is 4.88. The van der Waals surface area contributed by atoms with Crippen LogP contribution in [-0.2, 0) is 4.74 Å². The van der Waals surface area contributed by atoms with Gasteiger partial charge in [-0.05, 0) is 36.8 Å². The molecule has 0 bridgehead atoms. The van der Waals surface area contributed by atoms with E-state index in [4.69, 9.17) is 4.74 Å². The summed E-state index contributed by atoms with van der Waals surface area (Å²) in [5.74, 6) is -1.73. The van der Waals surface area contributed by atoms with Gasteiger partial charge >= 0.3 is 12.3 Å². The van der Waals surface area contributed by atoms with Crippen LogP contribution in [0.5, 0.6) is 5.75 Å². The molecular weight excluding hydrogens is 316 g/mol. The quantitative estimate of drug-likeness (QED) is 0.609. The number of alkyl halides is 3. The molecule has 23 heavy (non-hydrogen) atoms. The first-order valence-corrected chi connectivity index (χ1v) is 6.63. The van der Waals surface area contributed by atoms with Crippen LogP contribution in [0.1, 0.15) is 17.3 Å². The lowest BCUT2D eigenvalue weighted by atomic mass is 10.0. The maximum atomic E-state index is 14.1. The van der Waals surface area contributed by atoms with Crippen molar-refractivity contribution in [1.29, 1.82) is 0 Å². The van der Waals surface area contributed by atoms with Crippen LogP contribution < -0.4 is 4.74 Å². The molecule has 122 valence electrons. The fraction of sp³-hybridized carbons (Fsp3) is 0.188. The van der Waals surface area contributed by atoms with Gasteiger partial charge < -0.3 is 9.47 Å². The molecule has 0 radical (unpaired) electrons. The monoisotopic (exact) mass is 328 g/mol. The van der Waals surface area contributed by atoms with Crippen molar-refractivity contribution >= 4 is 5.97 Å². The molecule has 0 aliphatic rings. The third-order valence-electron chi connectivity index (χ3n) is 2.88. The van der Waals surface area contributed by atoms with Gasteiger partial charge in [0.2, 0.25) is 0 Å². The molecule has 0 atom stereocenters. The second kappa shape index (κ2) is 6.68. The van der Waals surface area contributed by atoms with Crippen molar-refractivity contribution in [1.82, 2.24) is 0 Å². The Bertz CT molecular complexity index is 693. The molecule has 3 nitrogen and oxygen atoms in total. The van der Waals surface area contributed by atoms with Crippen LogP contribution in [0.4, 0.5) is 17.6 Å². The second-order valence-electron chi connectivity index (χ2n) is 4.49. The van der Waals surface area contributed by atoms with E-state index in [2.05, 4.69) is 4.74 Å². The minimum atomic E-state index is -4.78. The largest absolute Gasteiger partial charge is 0.573 e. The Morgan fingerprint density at radius 3 is 2.26 bits per heavy atom. The summed E-state index contributed by atoms with van der Waals surface area (Å²) in [7, 11) is 0. The normalized spacial score (nSPS) is 11.2. The highest BCUT2D eigenvalue weighted by Crippen LogP contribution is 2.28. The van der Waals surface area contributed by atoms with Crippen molar-refractivity contribution in [3.8, 4) is 16.9 Å². The molecule has 2 rings (SSSR count). The van der Waals surface area contributed by atoms with Crippen molar-refractivity contribution in [3.63, 3.8) is 0 Å². The predicted molar refractivity (Wildman–Crippen MR) is 74.5 cm³/mol. The fourth-order valence-electron chi connectivity index (χ4n) is 1.93. The number of hydrogen-bond acceptors (Lipinski definition) is 3. The number of benzene rings is 2. The molecule has 0 saturated heterocycles. The SMILES string of the molecule is CCOC(=O)c1ccc(-c2ccc(OC(F)(F)F)cc2)c(F)c1. The van der Waals surface area contributed by atoms with Crippen molar-refractivity contribution in [3.05, 3.63) is 53.8 Å². The Hall–Kier alpha value is -2.57. The maximum absolute atomic E-state index is 14.1. The fourth-order valence-corrected chi connectivity index (χ4v) is 1.93. The summed E-state index contributed by atoms with van der Waals surface area (Å²) < 4.78 is 58.9. The van der Waals surface area contributed by atoms with E-state index in [0.717, 1.165) is 18.2 Å². The number of rotatable bonds is 4. The summed E-state index contributed by atoms with van der Waals surface area (Å²) in [4.78, 5) is 11.5. The molecule has 0 aliphatic carbocycles. The summed E-state index contributed by atoms with van der Waals surface area (Å²) in [5, 5.41) is 0. The molecule has 7 heteroatoms. The summed E-state index contributed by atoms with van der Waals surface area (Å²) in [6.45, 7) is 1.80. The van der Waals surface area contributed by atoms with Gasteiger partial charge in [0.05, 0.1) is 12.2 Å². The van der Waals surface area contributed by atoms with E-state index in [1.807, 2.05) is 0 Å². The van der Waals surface area contributed by atoms with Gasteiger partial charge in [-0.1, -0.05) is 18.2 Å². The zero-order chi connectivity index (χ0) is 17.0. The van der Waals surface area contributed by atoms with E-state index in [1.165, 1.54) is 24.3 Å². The van der Waals surface area contributed by atoms with Gasteiger partial charge in [0.1, 0.15) is 11.6 Å². The highest BCUT2D eigenvalue weighted by Gasteiger charge is 2.31. The summed E-state index contributed by atoms with van der Waals surface area (Å²) >= 11 is 0. The van der Waals surface area contributed by atoms with E-state index in [9.17, 15) is 22.4 Å². The van der Waals surface area contributed by atoms with Crippen LogP contribution in [-0.4, -0.2) is 18.9 Å². The molecular formula is C16H12F4O3. The molecule has 0 heterocycles. The van der Waals surface area contributed by atoms with Crippen LogP contribution >= 0.6 is 0 Å². The first-order chi connectivity index (χ1) is 10.8. The smallest absolute Gasteiger partial charge is 0.462 e. The standard InChI is InChI=1S/C16H12F4O3/c1-2-22-15(21)11-5-8-13(14(17)9-11)10-3-6-12(7-4-10)23-16(18,19)20/h3-9H,2H2,1H3. The number of ether oxygens (including phenoxy) is 2. The molecule has 2 aromatic rings. The Morgan fingerprint density at radius 1 is 1.09 bits per heavy atom. The highest BCUT2D eigenvalue weighted by molar-refractivity contribution is 5.90. The van der Waals surface area contributed by atoms with Crippen LogP contribution in [0.2, 0.25) is 0 Å². The molecule has 0 saturated carbocycles. The summed E-state index contributed by atoms with van der Waals surface area (Å²) in [5.41, 5.74) is 0.564. The molecule has 0 amide bonds. The lowest BCUT2D eigenvalue weighted by molar-refractivity contribution is -0.274. The Balaban J connectivity index is 2.23. The summed E-state index contributed by atoms with van der Waals surface area (Å²) in [6.07, 6.45) is -4.78. The van der Waals surface area contributed by atoms with Gasteiger partial charge in [-0.25, -0.2) is 9.18 Å². The lowest BCUT2D eigenvalue weighted by Crippen LogP contribution is -2.16. The highest BCUT2D eigenvalue weighted by atomic mass is 19.4. The van der Waals surface area contributed by atoms with E-state index in [1.54, 1.807) is 6.92 Å². The van der Waals surface area contributed by atoms with Crippen molar-refractivity contribution in [2.75, 3.05) is 6.61 Å². The number of carbonyl (C=O) groups excluding carboxylic acids is 1. The average molecular weight is 328 g/mol. The third-order valence-corrected chi connectivity index (χ3v) is 2.88. The summed E-state index contributed by atoms with van der Waals surface area (Å²) in [6, 6.07) is 8.53. The number of esters is 1. The molecule has 0 fully saturated rings. The molecule has 0 spiro atoms. The van der Waals surface area contributed by atoms with Crippen molar-refractivity contribution < 1.29 is 31.8 Å². The molecule has 2 aromatic carbocycles. The minimum Gasteiger partial charge on any atom is -0.462 e. The molecule has 0 aliphatic heterocycles. The number of halogens is 4. The predicted octanol–water partition coefficient (Wildman–Crippen LogP) is 4.57. The first-order valence-electron chi connectivity index (χ1n) is 6.63. The van der Waals surface area contributed by atoms with E-state index >= 15 is 0 Å². The zero-order valence-electron chi connectivity index (χ0n) is 12.0. The van der Waals surface area contributed by atoms with Gasteiger partial charge in [0.15, 0.2) is 0 Å². The zero-order valence-corrected chi connectivity index (χ0v) is 12.0. The average Bonchev–Trinajstić information content (AvgIpc) is 2.47. The molecule has 0 aromatic heterocycles. The van der Waals surface area contributed by atoms with Gasteiger partial charge in [0.25, 0.3) is 0 Å². The van der Waals surface area contributed by atoms with E-state index in [0.29, 0.717) is 5.56 Å². The van der Waals surface area contributed by atoms with Gasteiger partial charge in [-0.3, -0.25) is 0 Å². The van der Waals surface area contributed by atoms with Gasteiger partial charge in [-0.15, -0.1) is 13.2 Å².